The van der Waals surface area contributed by atoms with Crippen LogP contribution < -0.4 is 0 Å². The molecule has 2 aromatic heterocycles. The number of methoxy groups -OCH3 is 1. The van der Waals surface area contributed by atoms with Crippen molar-refractivity contribution in [3.8, 4) is 11.3 Å². The van der Waals surface area contributed by atoms with E-state index in [4.69, 9.17) is 9.26 Å². The highest BCUT2D eigenvalue weighted by Crippen LogP contribution is 2.22. The minimum Gasteiger partial charge on any atom is -0.453 e. The van der Waals surface area contributed by atoms with Gasteiger partial charge in [-0.05, 0) is 31.4 Å². The van der Waals surface area contributed by atoms with Gasteiger partial charge in [0.15, 0.2) is 5.76 Å². The molecule has 0 unspecified atom stereocenters. The molecule has 1 fully saturated rings. The number of hydrogen-bond acceptors (Lipinski definition) is 6. The van der Waals surface area contributed by atoms with E-state index in [0.717, 1.165) is 18.4 Å². The molecule has 0 spiro atoms. The Morgan fingerprint density at radius 1 is 1.35 bits per heavy atom. The number of aromatic nitrogens is 2. The van der Waals surface area contributed by atoms with Crippen LogP contribution in [-0.4, -0.2) is 58.7 Å². The van der Waals surface area contributed by atoms with Crippen LogP contribution in [-0.2, 0) is 16.1 Å². The molecule has 3 rings (SSSR count). The predicted molar refractivity (Wildman–Crippen MR) is 93.0 cm³/mol. The highest BCUT2D eigenvalue weighted by atomic mass is 16.5. The van der Waals surface area contributed by atoms with E-state index in [2.05, 4.69) is 10.1 Å². The quantitative estimate of drug-likeness (QED) is 0.833. The Bertz CT molecular complexity index is 762. The van der Waals surface area contributed by atoms with Gasteiger partial charge < -0.3 is 14.2 Å². The Balaban J connectivity index is 1.67. The largest absolute Gasteiger partial charge is 0.453 e. The molecule has 0 bridgehead atoms. The molecule has 1 atom stereocenters. The Kier molecular flexibility index (Phi) is 5.50. The van der Waals surface area contributed by atoms with E-state index >= 15 is 0 Å². The molecule has 1 saturated heterocycles. The summed E-state index contributed by atoms with van der Waals surface area (Å²) in [4.78, 5) is 31.8. The first kappa shape index (κ1) is 17.9. The number of likely N-dealkylation sites (tertiary alicyclic amines) is 1. The minimum atomic E-state index is -0.496. The van der Waals surface area contributed by atoms with Crippen molar-refractivity contribution < 1.29 is 18.8 Å². The van der Waals surface area contributed by atoms with Gasteiger partial charge in [-0.1, -0.05) is 5.16 Å². The topological polar surface area (TPSA) is 88.8 Å². The summed E-state index contributed by atoms with van der Waals surface area (Å²) in [5, 5.41) is 4.04. The molecule has 1 aliphatic heterocycles. The number of carbonyl (C=O) groups excluding carboxylic acids is 2. The van der Waals surface area contributed by atoms with E-state index in [-0.39, 0.29) is 12.5 Å². The SMILES string of the molecule is COC(=O)N1CCCC[C@H]1C(=O)N(C)Cc1cc(-c2ccncc2)no1. The molecular formula is C18H22N4O4. The molecule has 0 saturated carbocycles. The lowest BCUT2D eigenvalue weighted by atomic mass is 10.0. The van der Waals surface area contributed by atoms with Crippen molar-refractivity contribution in [2.75, 3.05) is 20.7 Å². The lowest BCUT2D eigenvalue weighted by molar-refractivity contribution is -0.137. The summed E-state index contributed by atoms with van der Waals surface area (Å²) in [6, 6.07) is 4.99. The van der Waals surface area contributed by atoms with Gasteiger partial charge in [0, 0.05) is 37.6 Å². The average molecular weight is 358 g/mol. The first-order valence-corrected chi connectivity index (χ1v) is 8.55. The Morgan fingerprint density at radius 2 is 2.12 bits per heavy atom. The van der Waals surface area contributed by atoms with Gasteiger partial charge in [-0.15, -0.1) is 0 Å². The van der Waals surface area contributed by atoms with E-state index in [1.165, 1.54) is 12.0 Å². The van der Waals surface area contributed by atoms with E-state index < -0.39 is 12.1 Å². The van der Waals surface area contributed by atoms with Crippen molar-refractivity contribution in [1.29, 1.82) is 0 Å². The standard InChI is InChI=1S/C18H22N4O4/c1-21(17(23)16-5-3-4-10-22(16)18(24)25-2)12-14-11-15(20-26-14)13-6-8-19-9-7-13/h6-9,11,16H,3-5,10,12H2,1-2H3/t16-/m0/s1. The van der Waals surface area contributed by atoms with Gasteiger partial charge in [-0.3, -0.25) is 14.7 Å². The van der Waals surface area contributed by atoms with Gasteiger partial charge in [-0.25, -0.2) is 4.79 Å². The molecule has 0 radical (unpaired) electrons. The van der Waals surface area contributed by atoms with Crippen LogP contribution in [0.4, 0.5) is 4.79 Å². The number of amides is 2. The molecule has 2 aromatic rings. The summed E-state index contributed by atoms with van der Waals surface area (Å²) < 4.78 is 10.2. The number of pyridine rings is 1. The lowest BCUT2D eigenvalue weighted by Gasteiger charge is -2.35. The molecular weight excluding hydrogens is 336 g/mol. The maximum absolute atomic E-state index is 12.8. The number of ether oxygens (including phenoxy) is 1. The third kappa shape index (κ3) is 3.84. The van der Waals surface area contributed by atoms with Crippen LogP contribution in [0.15, 0.2) is 35.1 Å². The predicted octanol–water partition coefficient (Wildman–Crippen LogP) is 2.32. The van der Waals surface area contributed by atoms with Crippen molar-refractivity contribution in [2.45, 2.75) is 31.8 Å². The molecule has 26 heavy (non-hydrogen) atoms. The van der Waals surface area contributed by atoms with Crippen LogP contribution in [0.25, 0.3) is 11.3 Å². The monoisotopic (exact) mass is 358 g/mol. The second-order valence-corrected chi connectivity index (χ2v) is 6.28. The highest BCUT2D eigenvalue weighted by Gasteiger charge is 2.34. The van der Waals surface area contributed by atoms with Crippen molar-refractivity contribution in [1.82, 2.24) is 19.9 Å². The summed E-state index contributed by atoms with van der Waals surface area (Å²) in [5.41, 5.74) is 1.59. The second-order valence-electron chi connectivity index (χ2n) is 6.28. The number of rotatable bonds is 4. The van der Waals surface area contributed by atoms with Gasteiger partial charge in [0.1, 0.15) is 11.7 Å². The maximum atomic E-state index is 12.8. The number of carbonyl (C=O) groups is 2. The van der Waals surface area contributed by atoms with Crippen LogP contribution in [0.1, 0.15) is 25.0 Å². The Labute approximate surface area is 151 Å². The zero-order chi connectivity index (χ0) is 18.5. The van der Waals surface area contributed by atoms with Crippen LogP contribution in [0.5, 0.6) is 0 Å². The number of likely N-dealkylation sites (N-methyl/N-ethyl adjacent to an activating group) is 1. The zero-order valence-corrected chi connectivity index (χ0v) is 14.9. The molecule has 138 valence electrons. The first-order valence-electron chi connectivity index (χ1n) is 8.55. The van der Waals surface area contributed by atoms with Crippen molar-refractivity contribution >= 4 is 12.0 Å². The van der Waals surface area contributed by atoms with Crippen LogP contribution in [0.2, 0.25) is 0 Å². The Morgan fingerprint density at radius 3 is 2.85 bits per heavy atom. The zero-order valence-electron chi connectivity index (χ0n) is 14.9. The maximum Gasteiger partial charge on any atom is 0.410 e. The summed E-state index contributed by atoms with van der Waals surface area (Å²) in [5.74, 6) is 0.449. The van der Waals surface area contributed by atoms with Crippen molar-refractivity contribution in [3.05, 3.63) is 36.4 Å². The van der Waals surface area contributed by atoms with Gasteiger partial charge in [-0.2, -0.15) is 0 Å². The van der Waals surface area contributed by atoms with Crippen molar-refractivity contribution in [3.63, 3.8) is 0 Å². The van der Waals surface area contributed by atoms with Gasteiger partial charge >= 0.3 is 6.09 Å². The number of hydrogen-bond donors (Lipinski definition) is 0. The number of piperidine rings is 1. The average Bonchev–Trinajstić information content (AvgIpc) is 3.16. The van der Waals surface area contributed by atoms with Gasteiger partial charge in [0.25, 0.3) is 0 Å². The van der Waals surface area contributed by atoms with E-state index in [1.807, 2.05) is 12.1 Å². The summed E-state index contributed by atoms with van der Waals surface area (Å²) in [7, 11) is 3.03. The molecule has 0 N–H and O–H groups in total. The summed E-state index contributed by atoms with van der Waals surface area (Å²) >= 11 is 0. The second kappa shape index (κ2) is 7.99. The van der Waals surface area contributed by atoms with Gasteiger partial charge in [0.2, 0.25) is 5.91 Å². The smallest absolute Gasteiger partial charge is 0.410 e. The fraction of sp³-hybridized carbons (Fsp3) is 0.444. The summed E-state index contributed by atoms with van der Waals surface area (Å²) in [6.45, 7) is 0.813. The normalized spacial score (nSPS) is 17.0. The minimum absolute atomic E-state index is 0.128. The number of nitrogens with zero attached hydrogens (tertiary/aromatic N) is 4. The Hall–Kier alpha value is -2.90. The highest BCUT2D eigenvalue weighted by molar-refractivity contribution is 5.85. The molecule has 0 aromatic carbocycles. The molecule has 3 heterocycles. The fourth-order valence-corrected chi connectivity index (χ4v) is 3.14. The molecule has 8 nitrogen and oxygen atoms in total. The third-order valence-corrected chi connectivity index (χ3v) is 4.50. The molecule has 8 heteroatoms. The van der Waals surface area contributed by atoms with E-state index in [0.29, 0.717) is 24.4 Å². The fourth-order valence-electron chi connectivity index (χ4n) is 3.14. The molecule has 1 aliphatic rings. The lowest BCUT2D eigenvalue weighted by Crippen LogP contribution is -2.52. The van der Waals surface area contributed by atoms with E-state index in [9.17, 15) is 9.59 Å². The van der Waals surface area contributed by atoms with Crippen LogP contribution >= 0.6 is 0 Å². The van der Waals surface area contributed by atoms with Crippen LogP contribution in [0.3, 0.4) is 0 Å². The van der Waals surface area contributed by atoms with Crippen LogP contribution in [0, 0.1) is 0 Å². The molecule has 0 aliphatic carbocycles. The third-order valence-electron chi connectivity index (χ3n) is 4.50. The van der Waals surface area contributed by atoms with Gasteiger partial charge in [0.05, 0.1) is 13.7 Å². The van der Waals surface area contributed by atoms with Crippen molar-refractivity contribution in [2.24, 2.45) is 0 Å². The summed E-state index contributed by atoms with van der Waals surface area (Å²) in [6.07, 6.45) is 5.33. The molecule has 2 amide bonds. The first-order chi connectivity index (χ1) is 12.6. The van der Waals surface area contributed by atoms with E-state index in [1.54, 1.807) is 30.4 Å².